The van der Waals surface area contributed by atoms with Gasteiger partial charge in [0.05, 0.1) is 71.6 Å². The molecule has 0 heterocycles. The molecule has 8 rings (SSSR count). The smallest absolute Gasteiger partial charge is 0.407 e. The lowest BCUT2D eigenvalue weighted by Gasteiger charge is -2.63. The van der Waals surface area contributed by atoms with Crippen LogP contribution in [-0.4, -0.2) is 166 Å². The highest BCUT2D eigenvalue weighted by Gasteiger charge is 2.76. The van der Waals surface area contributed by atoms with Crippen molar-refractivity contribution in [1.82, 2.24) is 16.0 Å². The van der Waals surface area contributed by atoms with Crippen molar-refractivity contribution >= 4 is 52.8 Å². The second-order valence-electron chi connectivity index (χ2n) is 27.3. The molecule has 520 valence electrons. The van der Waals surface area contributed by atoms with Crippen LogP contribution in [0.4, 0.5) is 24.1 Å². The number of nitrogens with two attached hydrogens (primary N) is 1. The molecule has 2 aromatic rings. The van der Waals surface area contributed by atoms with Crippen molar-refractivity contribution in [3.8, 4) is 17.6 Å². The minimum atomic E-state index is -2.32. The maximum Gasteiger partial charge on any atom is 0.407 e. The van der Waals surface area contributed by atoms with Crippen LogP contribution >= 0.6 is 0 Å². The van der Waals surface area contributed by atoms with E-state index in [9.17, 15) is 48.6 Å². The Bertz CT molecular complexity index is 3140. The lowest BCUT2D eigenvalue weighted by Crippen LogP contribution is -2.70. The van der Waals surface area contributed by atoms with E-state index in [1.54, 1.807) is 76.2 Å². The number of alkyl halides is 2. The number of allylic oxidation sites excluding steroid dienone is 4. The number of fused-ring (bicyclic) bond motifs is 6. The zero-order valence-electron chi connectivity index (χ0n) is 55.5. The van der Waals surface area contributed by atoms with E-state index in [0.29, 0.717) is 87.4 Å². The highest BCUT2D eigenvalue weighted by atomic mass is 19.1. The molecular formula is C72H97F2N5O16. The van der Waals surface area contributed by atoms with Crippen molar-refractivity contribution in [3.63, 3.8) is 0 Å². The number of aryl methyl sites for hydroxylation is 1. The monoisotopic (exact) mass is 1330 g/mol. The number of carbonyl (C=O) groups is 8. The molecular weight excluding hydrogens is 1230 g/mol. The average Bonchev–Trinajstić information content (AvgIpc) is 1.64. The molecule has 95 heavy (non-hydrogen) atoms. The molecule has 5 amide bonds. The molecule has 4 saturated carbocycles. The molecule has 6 aliphatic carbocycles. The number of urea groups is 1. The number of anilines is 1. The summed E-state index contributed by atoms with van der Waals surface area (Å²) in [5, 5.41) is 35.0. The van der Waals surface area contributed by atoms with Gasteiger partial charge < -0.3 is 65.6 Å². The van der Waals surface area contributed by atoms with E-state index < -0.39 is 99.6 Å². The summed E-state index contributed by atoms with van der Waals surface area (Å²) in [6.07, 6.45) is 4.39. The second-order valence-corrected chi connectivity index (χ2v) is 27.3. The summed E-state index contributed by atoms with van der Waals surface area (Å²) in [5.74, 6) is 2.73. The van der Waals surface area contributed by atoms with Gasteiger partial charge in [0.2, 0.25) is 11.8 Å². The zero-order valence-corrected chi connectivity index (χ0v) is 55.5. The number of primary amides is 1. The molecule has 2 unspecified atom stereocenters. The average molecular weight is 1330 g/mol. The first kappa shape index (κ1) is 73.9. The summed E-state index contributed by atoms with van der Waals surface area (Å²) >= 11 is 0. The summed E-state index contributed by atoms with van der Waals surface area (Å²) in [6.45, 7) is 11.5. The number of halogens is 2. The number of Topliss-reactive ketones (excluding diaryl/α,β-unsaturated/α-hetero) is 3. The number of aliphatic hydroxyl groups excluding tert-OH is 1. The molecule has 4 fully saturated rings. The van der Waals surface area contributed by atoms with Crippen molar-refractivity contribution in [1.29, 1.82) is 0 Å². The van der Waals surface area contributed by atoms with Crippen LogP contribution in [0.5, 0.6) is 5.75 Å². The fraction of sp³-hybridized carbons (Fsp3) is 0.639. The Morgan fingerprint density at radius 2 is 1.43 bits per heavy atom. The molecule has 0 bridgehead atoms. The maximum atomic E-state index is 17.7. The van der Waals surface area contributed by atoms with Crippen LogP contribution in [0.25, 0.3) is 0 Å². The van der Waals surface area contributed by atoms with Crippen molar-refractivity contribution < 1.29 is 85.8 Å². The number of rotatable bonds is 37. The number of hydrogen-bond acceptors (Lipinski definition) is 16. The normalized spacial score (nSPS) is 28.4. The SMILES string of the molecule is CC(C)[C@H](NC(=O)CCOCCOCCOCCOCCNC(=O)OCC1C2CCC#CCCC21)C(=O)C[C@@H](CCCNC(N)=O)C(=O)Nc1ccc(OCC(=O)Cc2ccc(CCC(=O)[C@@]3(O)[C@H](C)C[C@H]4[C@@H]5C[C@H](F)C6=CC(=O)C=C[C@]6(C)[C@@]5(F)[C@@H](O)C[C@@]43C)cc2)cc1. The Morgan fingerprint density at radius 3 is 2.07 bits per heavy atom. The Hall–Kier alpha value is -6.94. The maximum absolute atomic E-state index is 17.7. The minimum Gasteiger partial charge on any atom is -0.486 e. The largest absolute Gasteiger partial charge is 0.486 e. The van der Waals surface area contributed by atoms with Gasteiger partial charge in [0.15, 0.2) is 28.8 Å². The third-order valence-electron chi connectivity index (χ3n) is 20.8. The predicted molar refractivity (Wildman–Crippen MR) is 348 cm³/mol. The van der Waals surface area contributed by atoms with Crippen LogP contribution in [0.1, 0.15) is 123 Å². The number of amides is 5. The third kappa shape index (κ3) is 18.4. The van der Waals surface area contributed by atoms with E-state index in [0.717, 1.165) is 37.3 Å². The van der Waals surface area contributed by atoms with E-state index >= 15 is 8.78 Å². The van der Waals surface area contributed by atoms with Gasteiger partial charge in [-0.2, -0.15) is 0 Å². The standard InChI is InChI=1S/C72H97F2N5O16/c1-45(2)65(79-64(85)25-29-90-31-33-92-35-36-93-34-32-91-30-28-77-68(88)95-44-56-54-12-8-6-7-9-13-55(54)56)61(82)39-49(11-10-27-76-67(75)87)66(86)78-50-19-21-53(22-20-50)94-43-52(81)38-48-16-14-47(15-17-48)18-23-62(83)72(89)46(3)37-57-58-41-60(73)59-40-51(80)24-26-69(59,4)71(58,74)63(84)42-70(57,72)5/h14-17,19-22,24,26,40,45-46,49,54-58,60,63,65,84,89H,8-13,18,23,25,27-39,41-44H2,1-5H3,(H,77,88)(H,78,86)(H,79,85)(H3,75,76,87)/t46-,49-,54?,55?,56?,57+,58+,60+,63+,65+,69+,70+,71+,72+/m1/s1. The lowest BCUT2D eigenvalue weighted by atomic mass is 9.44. The minimum absolute atomic E-state index is 0.0128. The molecule has 2 aromatic carbocycles. The van der Waals surface area contributed by atoms with E-state index in [-0.39, 0.29) is 114 Å². The lowest BCUT2D eigenvalue weighted by molar-refractivity contribution is -0.223. The number of benzene rings is 2. The Morgan fingerprint density at radius 1 is 0.800 bits per heavy atom. The summed E-state index contributed by atoms with van der Waals surface area (Å²) in [7, 11) is 0. The molecule has 6 aliphatic rings. The van der Waals surface area contributed by atoms with E-state index in [1.165, 1.54) is 19.1 Å². The number of aliphatic hydroxyl groups is 2. The van der Waals surface area contributed by atoms with E-state index in [4.69, 9.17) is 34.2 Å². The van der Waals surface area contributed by atoms with Gasteiger partial charge in [-0.25, -0.2) is 18.4 Å². The molecule has 0 aliphatic heterocycles. The number of nitrogens with one attached hydrogen (secondary N) is 4. The van der Waals surface area contributed by atoms with Gasteiger partial charge in [0, 0.05) is 80.0 Å². The molecule has 0 saturated heterocycles. The Labute approximate surface area is 555 Å². The fourth-order valence-electron chi connectivity index (χ4n) is 15.5. The summed E-state index contributed by atoms with van der Waals surface area (Å²) in [5.41, 5.74) is 0.0897. The Balaban J connectivity index is 0.695. The number of carbonyl (C=O) groups excluding carboxylic acids is 8. The molecule has 0 radical (unpaired) electrons. The highest BCUT2D eigenvalue weighted by molar-refractivity contribution is 6.01. The van der Waals surface area contributed by atoms with Crippen LogP contribution in [0, 0.1) is 70.0 Å². The number of ether oxygens (including phenoxy) is 6. The quantitative estimate of drug-likeness (QED) is 0.0256. The first-order valence-corrected chi connectivity index (χ1v) is 33.8. The predicted octanol–water partition coefficient (Wildman–Crippen LogP) is 7.40. The first-order chi connectivity index (χ1) is 45.4. The highest BCUT2D eigenvalue weighted by Crippen LogP contribution is 2.71. The molecule has 21 nitrogen and oxygen atoms in total. The van der Waals surface area contributed by atoms with Crippen LogP contribution in [-0.2, 0) is 65.3 Å². The molecule has 13 atom stereocenters. The third-order valence-corrected chi connectivity index (χ3v) is 20.8. The van der Waals surface area contributed by atoms with Crippen molar-refractivity contribution in [2.24, 2.45) is 63.9 Å². The van der Waals surface area contributed by atoms with E-state index in [2.05, 4.69) is 33.1 Å². The van der Waals surface area contributed by atoms with Crippen LogP contribution in [0.15, 0.2) is 72.3 Å². The van der Waals surface area contributed by atoms with Gasteiger partial charge in [-0.05, 0) is 147 Å². The van der Waals surface area contributed by atoms with Gasteiger partial charge in [-0.1, -0.05) is 58.0 Å². The van der Waals surface area contributed by atoms with Crippen LogP contribution in [0.2, 0.25) is 0 Å². The summed E-state index contributed by atoms with van der Waals surface area (Å²) in [6, 6.07) is 11.9. The van der Waals surface area contributed by atoms with Gasteiger partial charge >= 0.3 is 12.1 Å². The summed E-state index contributed by atoms with van der Waals surface area (Å²) < 4.78 is 67.0. The molecule has 8 N–H and O–H groups in total. The van der Waals surface area contributed by atoms with Crippen LogP contribution < -0.4 is 31.7 Å². The van der Waals surface area contributed by atoms with Gasteiger partial charge in [-0.3, -0.25) is 28.8 Å². The molecule has 23 heteroatoms. The Kier molecular flexibility index (Phi) is 26.3. The van der Waals surface area contributed by atoms with E-state index in [1.807, 2.05) is 0 Å². The number of hydrogen-bond donors (Lipinski definition) is 7. The summed E-state index contributed by atoms with van der Waals surface area (Å²) in [4.78, 5) is 104. The van der Waals surface area contributed by atoms with Crippen molar-refractivity contribution in [2.45, 2.75) is 154 Å². The molecule has 0 aromatic heterocycles. The van der Waals surface area contributed by atoms with Crippen molar-refractivity contribution in [3.05, 3.63) is 83.5 Å². The van der Waals surface area contributed by atoms with Gasteiger partial charge in [0.1, 0.15) is 24.1 Å². The van der Waals surface area contributed by atoms with Crippen molar-refractivity contribution in [2.75, 3.05) is 84.5 Å². The van der Waals surface area contributed by atoms with Gasteiger partial charge in [-0.15, -0.1) is 11.8 Å². The van der Waals surface area contributed by atoms with Gasteiger partial charge in [0.25, 0.3) is 0 Å². The molecule has 0 spiro atoms. The fourth-order valence-corrected chi connectivity index (χ4v) is 15.5. The number of alkyl carbamates (subject to hydrolysis) is 1. The van der Waals surface area contributed by atoms with Crippen LogP contribution in [0.3, 0.4) is 0 Å². The first-order valence-electron chi connectivity index (χ1n) is 33.8. The number of ketones is 4. The topological polar surface area (TPSA) is 307 Å². The zero-order chi connectivity index (χ0) is 68.5. The second kappa shape index (κ2) is 33.8.